The fourth-order valence-electron chi connectivity index (χ4n) is 3.42. The Labute approximate surface area is 193 Å². The molecule has 7 heteroatoms. The quantitative estimate of drug-likeness (QED) is 0.306. The first-order valence-corrected chi connectivity index (χ1v) is 12.1. The van der Waals surface area contributed by atoms with Crippen molar-refractivity contribution in [2.75, 3.05) is 19.5 Å². The van der Waals surface area contributed by atoms with Crippen molar-refractivity contribution in [3.8, 4) is 11.5 Å². The fourth-order valence-corrected chi connectivity index (χ4v) is 4.96. The third-order valence-electron chi connectivity index (χ3n) is 4.95. The van der Waals surface area contributed by atoms with Crippen LogP contribution in [0.4, 0.5) is 0 Å². The van der Waals surface area contributed by atoms with Gasteiger partial charge in [-0.1, -0.05) is 29.8 Å². The summed E-state index contributed by atoms with van der Waals surface area (Å²) in [5.41, 5.74) is 3.95. The standard InChI is InChI=1S/C22H21ClIN3OS/c1-29-19-6-5-15(13-17(19)23)16(12-14-7-10-28-11-8-14)20-21(24)27-22(26-20)18-4-2-3-9-25-18/h2-6,9,12-14H,7-8,10-11H2,1H3,(H,26,27)/b16-12+. The average molecular weight is 538 g/mol. The van der Waals surface area contributed by atoms with Crippen LogP contribution in [0.1, 0.15) is 24.1 Å². The summed E-state index contributed by atoms with van der Waals surface area (Å²) in [6.45, 7) is 1.61. The van der Waals surface area contributed by atoms with E-state index in [0.29, 0.717) is 5.92 Å². The second-order valence-corrected chi connectivity index (χ2v) is 9.18. The highest BCUT2D eigenvalue weighted by molar-refractivity contribution is 14.1. The number of aromatic nitrogens is 3. The number of nitrogens with one attached hydrogen (secondary N) is 1. The summed E-state index contributed by atoms with van der Waals surface area (Å²) >= 11 is 10.5. The number of imidazole rings is 1. The zero-order valence-electron chi connectivity index (χ0n) is 16.0. The number of hydrogen-bond donors (Lipinski definition) is 1. The van der Waals surface area contributed by atoms with Crippen LogP contribution in [-0.2, 0) is 4.74 Å². The van der Waals surface area contributed by atoms with Gasteiger partial charge in [0.1, 0.15) is 15.1 Å². The maximum absolute atomic E-state index is 6.54. The second kappa shape index (κ2) is 9.64. The molecule has 0 radical (unpaired) electrons. The number of pyridine rings is 1. The van der Waals surface area contributed by atoms with E-state index >= 15 is 0 Å². The largest absolute Gasteiger partial charge is 0.381 e. The van der Waals surface area contributed by atoms with E-state index < -0.39 is 0 Å². The van der Waals surface area contributed by atoms with Crippen LogP contribution < -0.4 is 0 Å². The number of thioether (sulfide) groups is 1. The van der Waals surface area contributed by atoms with Gasteiger partial charge in [0.15, 0.2) is 5.82 Å². The maximum Gasteiger partial charge on any atom is 0.157 e. The van der Waals surface area contributed by atoms with Gasteiger partial charge in [0, 0.05) is 29.9 Å². The number of hydrogen-bond acceptors (Lipinski definition) is 4. The topological polar surface area (TPSA) is 50.8 Å². The van der Waals surface area contributed by atoms with E-state index in [1.54, 1.807) is 18.0 Å². The lowest BCUT2D eigenvalue weighted by Crippen LogP contribution is -2.14. The third kappa shape index (κ3) is 4.87. The van der Waals surface area contributed by atoms with Gasteiger partial charge in [-0.3, -0.25) is 4.98 Å². The Morgan fingerprint density at radius 1 is 1.28 bits per heavy atom. The Balaban J connectivity index is 1.79. The SMILES string of the molecule is CSc1ccc(/C(=C\C2CCOCC2)c2nc(-c3ccccn3)[nH]c2I)cc1Cl. The zero-order chi connectivity index (χ0) is 20.2. The number of nitrogens with zero attached hydrogens (tertiary/aromatic N) is 2. The summed E-state index contributed by atoms with van der Waals surface area (Å²) in [5, 5.41) is 0.767. The van der Waals surface area contributed by atoms with Crippen LogP contribution in [-0.4, -0.2) is 34.4 Å². The summed E-state index contributed by atoms with van der Waals surface area (Å²) < 4.78 is 6.54. The molecule has 4 nitrogen and oxygen atoms in total. The minimum Gasteiger partial charge on any atom is -0.381 e. The van der Waals surface area contributed by atoms with Crippen LogP contribution in [0.2, 0.25) is 5.02 Å². The van der Waals surface area contributed by atoms with E-state index in [-0.39, 0.29) is 0 Å². The normalized spacial score (nSPS) is 15.6. The van der Waals surface area contributed by atoms with E-state index in [1.807, 2.05) is 30.5 Å². The van der Waals surface area contributed by atoms with E-state index in [0.717, 1.165) is 68.0 Å². The van der Waals surface area contributed by atoms with Crippen LogP contribution in [0.5, 0.6) is 0 Å². The molecular formula is C22H21ClIN3OS. The molecule has 1 aliphatic heterocycles. The molecule has 0 spiro atoms. The molecule has 3 heterocycles. The molecule has 29 heavy (non-hydrogen) atoms. The summed E-state index contributed by atoms with van der Waals surface area (Å²) in [4.78, 5) is 13.8. The number of ether oxygens (including phenoxy) is 1. The van der Waals surface area contributed by atoms with Crippen LogP contribution in [0.3, 0.4) is 0 Å². The molecule has 0 amide bonds. The van der Waals surface area contributed by atoms with Crippen LogP contribution >= 0.6 is 46.0 Å². The molecule has 0 saturated carbocycles. The van der Waals surface area contributed by atoms with Gasteiger partial charge in [0.05, 0.1) is 5.02 Å². The van der Waals surface area contributed by atoms with Gasteiger partial charge in [-0.15, -0.1) is 11.8 Å². The van der Waals surface area contributed by atoms with Gasteiger partial charge in [-0.2, -0.15) is 0 Å². The number of H-pyrrole nitrogens is 1. The van der Waals surface area contributed by atoms with E-state index in [1.165, 1.54) is 0 Å². The van der Waals surface area contributed by atoms with Gasteiger partial charge in [-0.05, 0) is 77.4 Å². The Hall–Kier alpha value is -1.35. The zero-order valence-corrected chi connectivity index (χ0v) is 19.7. The molecule has 0 aliphatic carbocycles. The predicted octanol–water partition coefficient (Wildman–Crippen LogP) is 6.31. The van der Waals surface area contributed by atoms with Crippen molar-refractivity contribution < 1.29 is 4.74 Å². The summed E-state index contributed by atoms with van der Waals surface area (Å²) in [6, 6.07) is 12.1. The molecule has 4 rings (SSSR count). The van der Waals surface area contributed by atoms with Gasteiger partial charge in [-0.25, -0.2) is 4.98 Å². The Kier molecular flexibility index (Phi) is 6.95. The molecule has 1 aromatic carbocycles. The lowest BCUT2D eigenvalue weighted by molar-refractivity contribution is 0.0786. The Morgan fingerprint density at radius 2 is 2.10 bits per heavy atom. The number of halogens is 2. The van der Waals surface area contributed by atoms with Crippen molar-refractivity contribution in [2.45, 2.75) is 17.7 Å². The first kappa shape index (κ1) is 20.9. The molecule has 150 valence electrons. The molecule has 0 atom stereocenters. The first-order valence-electron chi connectivity index (χ1n) is 9.46. The van der Waals surface area contributed by atoms with Gasteiger partial charge < -0.3 is 9.72 Å². The molecule has 2 aromatic heterocycles. The molecule has 1 N–H and O–H groups in total. The number of aromatic amines is 1. The number of rotatable bonds is 5. The molecule has 0 unspecified atom stereocenters. The Morgan fingerprint density at radius 3 is 2.79 bits per heavy atom. The van der Waals surface area contributed by atoms with E-state index in [4.69, 9.17) is 21.3 Å². The average Bonchev–Trinajstić information content (AvgIpc) is 3.15. The molecular weight excluding hydrogens is 517 g/mol. The highest BCUT2D eigenvalue weighted by Gasteiger charge is 2.20. The predicted molar refractivity (Wildman–Crippen MR) is 128 cm³/mol. The Bertz CT molecular complexity index is 1020. The van der Waals surface area contributed by atoms with Crippen molar-refractivity contribution in [2.24, 2.45) is 5.92 Å². The van der Waals surface area contributed by atoms with Gasteiger partial charge in [0.25, 0.3) is 0 Å². The lowest BCUT2D eigenvalue weighted by atomic mass is 9.93. The first-order chi connectivity index (χ1) is 14.2. The number of allylic oxidation sites excluding steroid dienone is 1. The number of benzene rings is 1. The summed E-state index contributed by atoms with van der Waals surface area (Å²) in [5.74, 6) is 1.23. The van der Waals surface area contributed by atoms with Crippen molar-refractivity contribution >= 4 is 51.5 Å². The second-order valence-electron chi connectivity index (χ2n) is 6.84. The molecule has 3 aromatic rings. The van der Waals surface area contributed by atoms with Crippen molar-refractivity contribution in [1.82, 2.24) is 15.0 Å². The van der Waals surface area contributed by atoms with Gasteiger partial charge >= 0.3 is 0 Å². The highest BCUT2D eigenvalue weighted by Crippen LogP contribution is 2.35. The minimum absolute atomic E-state index is 0.462. The minimum atomic E-state index is 0.462. The van der Waals surface area contributed by atoms with Crippen LogP contribution in [0.25, 0.3) is 17.1 Å². The summed E-state index contributed by atoms with van der Waals surface area (Å²) in [6.07, 6.45) is 8.20. The molecule has 1 fully saturated rings. The highest BCUT2D eigenvalue weighted by atomic mass is 127. The van der Waals surface area contributed by atoms with Crippen molar-refractivity contribution in [3.63, 3.8) is 0 Å². The lowest BCUT2D eigenvalue weighted by Gasteiger charge is -2.20. The summed E-state index contributed by atoms with van der Waals surface area (Å²) in [7, 11) is 0. The molecule has 1 saturated heterocycles. The maximum atomic E-state index is 6.54. The van der Waals surface area contributed by atoms with Crippen LogP contribution in [0, 0.1) is 9.62 Å². The third-order valence-corrected chi connectivity index (χ3v) is 6.95. The molecule has 0 bridgehead atoms. The van der Waals surface area contributed by atoms with Gasteiger partial charge in [0.2, 0.25) is 0 Å². The monoisotopic (exact) mass is 537 g/mol. The smallest absolute Gasteiger partial charge is 0.157 e. The van der Waals surface area contributed by atoms with E-state index in [9.17, 15) is 0 Å². The van der Waals surface area contributed by atoms with Crippen molar-refractivity contribution in [1.29, 1.82) is 0 Å². The molecule has 1 aliphatic rings. The van der Waals surface area contributed by atoms with Crippen molar-refractivity contribution in [3.05, 3.63) is 68.7 Å². The fraction of sp³-hybridized carbons (Fsp3) is 0.273. The van der Waals surface area contributed by atoms with E-state index in [2.05, 4.69) is 50.8 Å². The van der Waals surface area contributed by atoms with Crippen LogP contribution in [0.15, 0.2) is 53.6 Å².